The van der Waals surface area contributed by atoms with Crippen LogP contribution in [0.2, 0.25) is 5.02 Å². The van der Waals surface area contributed by atoms with Crippen molar-refractivity contribution >= 4 is 29.3 Å². The fourth-order valence-corrected chi connectivity index (χ4v) is 3.49. The number of rotatable bonds is 6. The first kappa shape index (κ1) is 16.7. The van der Waals surface area contributed by atoms with E-state index in [-0.39, 0.29) is 17.9 Å². The maximum absolute atomic E-state index is 12.1. The SMILES string of the molecule is CC(O)C1CCN(C(=O)CCCSc2ccc(Cl)cc2)C1. The third-order valence-electron chi connectivity index (χ3n) is 3.88. The van der Waals surface area contributed by atoms with Crippen molar-refractivity contribution in [2.45, 2.75) is 37.2 Å². The molecule has 0 saturated carbocycles. The van der Waals surface area contributed by atoms with E-state index in [1.807, 2.05) is 29.2 Å². The smallest absolute Gasteiger partial charge is 0.222 e. The normalized spacial score (nSPS) is 19.8. The van der Waals surface area contributed by atoms with E-state index >= 15 is 0 Å². The van der Waals surface area contributed by atoms with Crippen LogP contribution in [0.4, 0.5) is 0 Å². The maximum atomic E-state index is 12.1. The largest absolute Gasteiger partial charge is 0.393 e. The van der Waals surface area contributed by atoms with Gasteiger partial charge >= 0.3 is 0 Å². The van der Waals surface area contributed by atoms with Crippen LogP contribution >= 0.6 is 23.4 Å². The summed E-state index contributed by atoms with van der Waals surface area (Å²) in [5.41, 5.74) is 0. The van der Waals surface area contributed by atoms with E-state index < -0.39 is 0 Å². The maximum Gasteiger partial charge on any atom is 0.222 e. The highest BCUT2D eigenvalue weighted by Gasteiger charge is 2.28. The van der Waals surface area contributed by atoms with Crippen LogP contribution in [-0.4, -0.2) is 40.9 Å². The summed E-state index contributed by atoms with van der Waals surface area (Å²) in [6, 6.07) is 7.77. The highest BCUT2D eigenvalue weighted by Crippen LogP contribution is 2.23. The Kier molecular flexibility index (Phi) is 6.40. The van der Waals surface area contributed by atoms with E-state index in [9.17, 15) is 9.90 Å². The number of benzene rings is 1. The average molecular weight is 328 g/mol. The fraction of sp³-hybridized carbons (Fsp3) is 0.562. The number of carbonyl (C=O) groups is 1. The lowest BCUT2D eigenvalue weighted by molar-refractivity contribution is -0.130. The Bertz CT molecular complexity index is 464. The van der Waals surface area contributed by atoms with Crippen molar-refractivity contribution in [1.82, 2.24) is 4.90 Å². The molecule has 116 valence electrons. The van der Waals surface area contributed by atoms with Crippen molar-refractivity contribution in [3.8, 4) is 0 Å². The summed E-state index contributed by atoms with van der Waals surface area (Å²) < 4.78 is 0. The van der Waals surface area contributed by atoms with Crippen LogP contribution < -0.4 is 0 Å². The molecule has 1 amide bonds. The molecule has 1 aliphatic heterocycles. The number of amides is 1. The quantitative estimate of drug-likeness (QED) is 0.642. The molecule has 3 nitrogen and oxygen atoms in total. The van der Waals surface area contributed by atoms with Gasteiger partial charge in [-0.2, -0.15) is 0 Å². The van der Waals surface area contributed by atoms with E-state index in [0.29, 0.717) is 13.0 Å². The molecule has 0 aromatic heterocycles. The lowest BCUT2D eigenvalue weighted by Crippen LogP contribution is -2.30. The molecule has 2 atom stereocenters. The molecule has 0 spiro atoms. The minimum absolute atomic E-state index is 0.217. The van der Waals surface area contributed by atoms with Gasteiger partial charge in [-0.1, -0.05) is 11.6 Å². The molecule has 5 heteroatoms. The predicted octanol–water partition coefficient (Wildman–Crippen LogP) is 3.44. The van der Waals surface area contributed by atoms with Gasteiger partial charge in [-0.3, -0.25) is 4.79 Å². The van der Waals surface area contributed by atoms with Crippen molar-refractivity contribution in [3.63, 3.8) is 0 Å². The Morgan fingerprint density at radius 2 is 2.19 bits per heavy atom. The first-order valence-corrected chi connectivity index (χ1v) is 8.77. The van der Waals surface area contributed by atoms with Gasteiger partial charge in [0, 0.05) is 35.3 Å². The molecule has 1 fully saturated rings. The third-order valence-corrected chi connectivity index (χ3v) is 5.23. The summed E-state index contributed by atoms with van der Waals surface area (Å²) >= 11 is 7.59. The van der Waals surface area contributed by atoms with Crippen LogP contribution in [0.1, 0.15) is 26.2 Å². The van der Waals surface area contributed by atoms with Gasteiger partial charge in [-0.25, -0.2) is 0 Å². The van der Waals surface area contributed by atoms with Gasteiger partial charge in [0.05, 0.1) is 6.10 Å². The van der Waals surface area contributed by atoms with Crippen molar-refractivity contribution in [2.24, 2.45) is 5.92 Å². The first-order chi connectivity index (χ1) is 10.1. The van der Waals surface area contributed by atoms with Crippen LogP contribution in [0.25, 0.3) is 0 Å². The molecule has 0 radical (unpaired) electrons. The van der Waals surface area contributed by atoms with Crippen molar-refractivity contribution < 1.29 is 9.90 Å². The Morgan fingerprint density at radius 1 is 1.48 bits per heavy atom. The summed E-state index contributed by atoms with van der Waals surface area (Å²) in [6.07, 6.45) is 2.07. The van der Waals surface area contributed by atoms with E-state index in [4.69, 9.17) is 11.6 Å². The van der Waals surface area contributed by atoms with Gasteiger partial charge < -0.3 is 10.0 Å². The second-order valence-electron chi connectivity index (χ2n) is 5.54. The number of hydrogen-bond acceptors (Lipinski definition) is 3. The monoisotopic (exact) mass is 327 g/mol. The molecule has 1 saturated heterocycles. The zero-order valence-electron chi connectivity index (χ0n) is 12.3. The van der Waals surface area contributed by atoms with E-state index in [1.54, 1.807) is 18.7 Å². The summed E-state index contributed by atoms with van der Waals surface area (Å²) in [7, 11) is 0. The number of nitrogens with zero attached hydrogens (tertiary/aromatic N) is 1. The van der Waals surface area contributed by atoms with Gasteiger partial charge in [-0.05, 0) is 49.8 Å². The molecule has 2 rings (SSSR count). The lowest BCUT2D eigenvalue weighted by Gasteiger charge is -2.17. The van der Waals surface area contributed by atoms with Crippen LogP contribution in [-0.2, 0) is 4.79 Å². The Labute approximate surface area is 135 Å². The number of hydrogen-bond donors (Lipinski definition) is 1. The molecule has 1 aromatic carbocycles. The first-order valence-electron chi connectivity index (χ1n) is 7.40. The second-order valence-corrected chi connectivity index (χ2v) is 7.14. The highest BCUT2D eigenvalue weighted by atomic mass is 35.5. The summed E-state index contributed by atoms with van der Waals surface area (Å²) in [5.74, 6) is 1.40. The highest BCUT2D eigenvalue weighted by molar-refractivity contribution is 7.99. The van der Waals surface area contributed by atoms with Crippen molar-refractivity contribution in [1.29, 1.82) is 0 Å². The van der Waals surface area contributed by atoms with Gasteiger partial charge in [0.15, 0.2) is 0 Å². The Morgan fingerprint density at radius 3 is 2.81 bits per heavy atom. The molecule has 2 unspecified atom stereocenters. The summed E-state index contributed by atoms with van der Waals surface area (Å²) in [5, 5.41) is 10.3. The predicted molar refractivity (Wildman–Crippen MR) is 87.8 cm³/mol. The lowest BCUT2D eigenvalue weighted by atomic mass is 10.0. The Balaban J connectivity index is 1.64. The summed E-state index contributed by atoms with van der Waals surface area (Å²) in [4.78, 5) is 15.2. The van der Waals surface area contributed by atoms with Crippen LogP contribution in [0.5, 0.6) is 0 Å². The van der Waals surface area contributed by atoms with Gasteiger partial charge in [0.2, 0.25) is 5.91 Å². The van der Waals surface area contributed by atoms with Crippen LogP contribution in [0.3, 0.4) is 0 Å². The minimum Gasteiger partial charge on any atom is -0.393 e. The van der Waals surface area contributed by atoms with Crippen molar-refractivity contribution in [3.05, 3.63) is 29.3 Å². The molecule has 1 heterocycles. The number of thioether (sulfide) groups is 1. The molecular formula is C16H22ClNO2S. The zero-order chi connectivity index (χ0) is 15.2. The molecule has 0 bridgehead atoms. The number of likely N-dealkylation sites (tertiary alicyclic amines) is 1. The molecule has 0 aliphatic carbocycles. The van der Waals surface area contributed by atoms with E-state index in [2.05, 4.69) is 0 Å². The molecule has 1 aliphatic rings. The van der Waals surface area contributed by atoms with Gasteiger partial charge in [0.1, 0.15) is 0 Å². The van der Waals surface area contributed by atoms with Gasteiger partial charge in [0.25, 0.3) is 0 Å². The third kappa shape index (κ3) is 5.20. The zero-order valence-corrected chi connectivity index (χ0v) is 13.9. The van der Waals surface area contributed by atoms with Gasteiger partial charge in [-0.15, -0.1) is 11.8 Å². The minimum atomic E-state index is -0.316. The fourth-order valence-electron chi connectivity index (χ4n) is 2.51. The van der Waals surface area contributed by atoms with Crippen LogP contribution in [0, 0.1) is 5.92 Å². The van der Waals surface area contributed by atoms with Crippen LogP contribution in [0.15, 0.2) is 29.2 Å². The second kappa shape index (κ2) is 8.06. The standard InChI is InChI=1S/C16H22ClNO2S/c1-12(19)13-8-9-18(11-13)16(20)3-2-10-21-15-6-4-14(17)5-7-15/h4-7,12-13,19H,2-3,8-11H2,1H3. The molecule has 21 heavy (non-hydrogen) atoms. The molecule has 1 aromatic rings. The number of aliphatic hydroxyl groups excluding tert-OH is 1. The summed E-state index contributed by atoms with van der Waals surface area (Å²) in [6.45, 7) is 3.31. The van der Waals surface area contributed by atoms with E-state index in [0.717, 1.165) is 30.2 Å². The Hall–Kier alpha value is -0.710. The molecule has 1 N–H and O–H groups in total. The average Bonchev–Trinajstić information content (AvgIpc) is 2.95. The van der Waals surface area contributed by atoms with E-state index in [1.165, 1.54) is 4.90 Å². The number of halogens is 1. The molecular weight excluding hydrogens is 306 g/mol. The number of carbonyl (C=O) groups excluding carboxylic acids is 1. The topological polar surface area (TPSA) is 40.5 Å². The van der Waals surface area contributed by atoms with Crippen molar-refractivity contribution in [2.75, 3.05) is 18.8 Å². The number of aliphatic hydroxyl groups is 1.